The first-order valence-corrected chi connectivity index (χ1v) is 6.57. The molecule has 4 heteroatoms. The first-order chi connectivity index (χ1) is 9.29. The maximum absolute atomic E-state index is 11.4. The van der Waals surface area contributed by atoms with Gasteiger partial charge in [-0.25, -0.2) is 0 Å². The van der Waals surface area contributed by atoms with Gasteiger partial charge in [-0.2, -0.15) is 0 Å². The molecule has 1 rings (SSSR count). The molecule has 0 aromatic heterocycles. The third kappa shape index (κ3) is 5.69. The Labute approximate surface area is 119 Å². The fourth-order valence-electron chi connectivity index (χ4n) is 1.62. The van der Waals surface area contributed by atoms with Crippen molar-refractivity contribution >= 4 is 18.0 Å². The molecule has 0 atom stereocenters. The Hall–Kier alpha value is -2.10. The molecule has 1 aromatic carbocycles. The van der Waals surface area contributed by atoms with Crippen LogP contribution in [-0.4, -0.2) is 23.5 Å². The molecule has 0 aliphatic carbocycles. The van der Waals surface area contributed by atoms with Gasteiger partial charge in [0.1, 0.15) is 0 Å². The standard InChI is InChI=1S/C16H21NO3/c1-16(2,3)13-7-4-12(5-8-13)6-9-14(18)17-11-10-15(19)20/h4-9H,10-11H2,1-3H3,(H,17,18)(H,19,20). The fraction of sp³-hybridized carbons (Fsp3) is 0.375. The van der Waals surface area contributed by atoms with Crippen molar-refractivity contribution in [3.8, 4) is 0 Å². The molecule has 0 fully saturated rings. The van der Waals surface area contributed by atoms with Crippen LogP contribution in [0.2, 0.25) is 0 Å². The van der Waals surface area contributed by atoms with E-state index in [4.69, 9.17) is 5.11 Å². The molecular formula is C16H21NO3. The van der Waals surface area contributed by atoms with Gasteiger partial charge in [-0.15, -0.1) is 0 Å². The van der Waals surface area contributed by atoms with Gasteiger partial charge in [0.2, 0.25) is 5.91 Å². The maximum Gasteiger partial charge on any atom is 0.305 e. The van der Waals surface area contributed by atoms with E-state index in [1.807, 2.05) is 24.3 Å². The smallest absolute Gasteiger partial charge is 0.305 e. The lowest BCUT2D eigenvalue weighted by molar-refractivity contribution is -0.136. The summed E-state index contributed by atoms with van der Waals surface area (Å²) in [5.41, 5.74) is 2.28. The van der Waals surface area contributed by atoms with Crippen molar-refractivity contribution in [1.29, 1.82) is 0 Å². The summed E-state index contributed by atoms with van der Waals surface area (Å²) in [5, 5.41) is 11.0. The lowest BCUT2D eigenvalue weighted by Crippen LogP contribution is -2.23. The summed E-state index contributed by atoms with van der Waals surface area (Å²) in [4.78, 5) is 21.7. The first kappa shape index (κ1) is 16.0. The van der Waals surface area contributed by atoms with Crippen molar-refractivity contribution < 1.29 is 14.7 Å². The minimum absolute atomic E-state index is 0.0696. The number of aliphatic carboxylic acids is 1. The topological polar surface area (TPSA) is 66.4 Å². The summed E-state index contributed by atoms with van der Waals surface area (Å²) < 4.78 is 0. The van der Waals surface area contributed by atoms with E-state index in [0.717, 1.165) is 5.56 Å². The van der Waals surface area contributed by atoms with Gasteiger partial charge < -0.3 is 10.4 Å². The van der Waals surface area contributed by atoms with E-state index in [1.165, 1.54) is 11.6 Å². The Kier molecular flexibility index (Phi) is 5.50. The van der Waals surface area contributed by atoms with E-state index in [-0.39, 0.29) is 24.3 Å². The highest BCUT2D eigenvalue weighted by atomic mass is 16.4. The summed E-state index contributed by atoms with van der Waals surface area (Å²) in [6, 6.07) is 8.01. The minimum Gasteiger partial charge on any atom is -0.481 e. The fourth-order valence-corrected chi connectivity index (χ4v) is 1.62. The van der Waals surface area contributed by atoms with Crippen LogP contribution < -0.4 is 5.32 Å². The number of amides is 1. The molecule has 0 unspecified atom stereocenters. The molecule has 0 radical (unpaired) electrons. The summed E-state index contributed by atoms with van der Waals surface area (Å²) in [6.07, 6.45) is 3.05. The first-order valence-electron chi connectivity index (χ1n) is 6.57. The number of benzene rings is 1. The van der Waals surface area contributed by atoms with Crippen LogP contribution in [0, 0.1) is 0 Å². The predicted octanol–water partition coefficient (Wildman–Crippen LogP) is 2.59. The van der Waals surface area contributed by atoms with Crippen molar-refractivity contribution in [2.45, 2.75) is 32.6 Å². The van der Waals surface area contributed by atoms with E-state index in [2.05, 4.69) is 26.1 Å². The van der Waals surface area contributed by atoms with E-state index in [0.29, 0.717) is 0 Å². The largest absolute Gasteiger partial charge is 0.481 e. The zero-order chi connectivity index (χ0) is 15.2. The van der Waals surface area contributed by atoms with Crippen molar-refractivity contribution in [3.05, 3.63) is 41.5 Å². The number of carboxylic acids is 1. The number of hydrogen-bond acceptors (Lipinski definition) is 2. The Morgan fingerprint density at radius 2 is 1.80 bits per heavy atom. The third-order valence-electron chi connectivity index (χ3n) is 2.84. The summed E-state index contributed by atoms with van der Waals surface area (Å²) >= 11 is 0. The van der Waals surface area contributed by atoms with Gasteiger partial charge in [0.05, 0.1) is 6.42 Å². The van der Waals surface area contributed by atoms with E-state index < -0.39 is 5.97 Å². The molecule has 2 N–H and O–H groups in total. The number of nitrogens with one attached hydrogen (secondary N) is 1. The van der Waals surface area contributed by atoms with Gasteiger partial charge in [-0.3, -0.25) is 9.59 Å². The number of carboxylic acid groups (broad SMARTS) is 1. The van der Waals surface area contributed by atoms with Crippen LogP contribution in [0.3, 0.4) is 0 Å². The van der Waals surface area contributed by atoms with Gasteiger partial charge >= 0.3 is 5.97 Å². The zero-order valence-corrected chi connectivity index (χ0v) is 12.1. The highest BCUT2D eigenvalue weighted by Crippen LogP contribution is 2.22. The Morgan fingerprint density at radius 3 is 2.30 bits per heavy atom. The Morgan fingerprint density at radius 1 is 1.20 bits per heavy atom. The van der Waals surface area contributed by atoms with Crippen molar-refractivity contribution in [3.63, 3.8) is 0 Å². The Balaban J connectivity index is 2.53. The van der Waals surface area contributed by atoms with Crippen molar-refractivity contribution in [1.82, 2.24) is 5.32 Å². The second kappa shape index (κ2) is 6.89. The quantitative estimate of drug-likeness (QED) is 0.812. The van der Waals surface area contributed by atoms with Crippen LogP contribution in [0.25, 0.3) is 6.08 Å². The number of carbonyl (C=O) groups excluding carboxylic acids is 1. The van der Waals surface area contributed by atoms with Crippen LogP contribution in [0.5, 0.6) is 0 Å². The van der Waals surface area contributed by atoms with E-state index in [9.17, 15) is 9.59 Å². The molecule has 0 saturated heterocycles. The maximum atomic E-state index is 11.4. The summed E-state index contributed by atoms with van der Waals surface area (Å²) in [5.74, 6) is -1.21. The molecule has 108 valence electrons. The van der Waals surface area contributed by atoms with Crippen LogP contribution >= 0.6 is 0 Å². The molecule has 0 heterocycles. The Bertz CT molecular complexity index is 495. The van der Waals surface area contributed by atoms with Gasteiger partial charge in [-0.1, -0.05) is 45.0 Å². The van der Waals surface area contributed by atoms with E-state index in [1.54, 1.807) is 6.08 Å². The molecule has 0 aliphatic heterocycles. The number of hydrogen-bond donors (Lipinski definition) is 2. The van der Waals surface area contributed by atoms with Crippen LogP contribution in [-0.2, 0) is 15.0 Å². The van der Waals surface area contributed by atoms with Gasteiger partial charge in [0.15, 0.2) is 0 Å². The average molecular weight is 275 g/mol. The molecule has 4 nitrogen and oxygen atoms in total. The second-order valence-electron chi connectivity index (χ2n) is 5.64. The third-order valence-corrected chi connectivity index (χ3v) is 2.84. The summed E-state index contributed by atoms with van der Waals surface area (Å²) in [7, 11) is 0. The number of rotatable bonds is 5. The van der Waals surface area contributed by atoms with Crippen LogP contribution in [0.4, 0.5) is 0 Å². The predicted molar refractivity (Wildman–Crippen MR) is 79.4 cm³/mol. The van der Waals surface area contributed by atoms with Gasteiger partial charge in [0.25, 0.3) is 0 Å². The second-order valence-corrected chi connectivity index (χ2v) is 5.64. The molecule has 20 heavy (non-hydrogen) atoms. The van der Waals surface area contributed by atoms with Crippen molar-refractivity contribution in [2.75, 3.05) is 6.54 Å². The minimum atomic E-state index is -0.924. The summed E-state index contributed by atoms with van der Waals surface area (Å²) in [6.45, 7) is 6.58. The molecule has 0 bridgehead atoms. The molecule has 0 saturated carbocycles. The lowest BCUT2D eigenvalue weighted by Gasteiger charge is -2.18. The van der Waals surface area contributed by atoms with Crippen molar-refractivity contribution in [2.24, 2.45) is 0 Å². The van der Waals surface area contributed by atoms with Crippen LogP contribution in [0.1, 0.15) is 38.3 Å². The van der Waals surface area contributed by atoms with E-state index >= 15 is 0 Å². The van der Waals surface area contributed by atoms with Gasteiger partial charge in [-0.05, 0) is 22.6 Å². The monoisotopic (exact) mass is 275 g/mol. The lowest BCUT2D eigenvalue weighted by atomic mass is 9.87. The number of carbonyl (C=O) groups is 2. The molecule has 0 aliphatic rings. The van der Waals surface area contributed by atoms with Gasteiger partial charge in [0, 0.05) is 12.6 Å². The highest BCUT2D eigenvalue weighted by molar-refractivity contribution is 5.91. The SMILES string of the molecule is CC(C)(C)c1ccc(C=CC(=O)NCCC(=O)O)cc1. The average Bonchev–Trinajstić information content (AvgIpc) is 2.35. The normalized spacial score (nSPS) is 11.6. The zero-order valence-electron chi connectivity index (χ0n) is 12.1. The molecular weight excluding hydrogens is 254 g/mol. The molecule has 0 spiro atoms. The highest BCUT2D eigenvalue weighted by Gasteiger charge is 2.12. The molecule has 1 aromatic rings. The van der Waals surface area contributed by atoms with Crippen LogP contribution in [0.15, 0.2) is 30.3 Å². The molecule has 1 amide bonds.